The highest BCUT2D eigenvalue weighted by Crippen LogP contribution is 2.43. The second-order valence-electron chi connectivity index (χ2n) is 24.0. The van der Waals surface area contributed by atoms with Crippen molar-refractivity contribution in [3.63, 3.8) is 0 Å². The molecule has 0 heterocycles. The third-order valence-corrected chi connectivity index (χ3v) is 15.9. The number of unbranched alkanes of at least 4 members (excludes halogenated alkanes) is 37. The first-order chi connectivity index (χ1) is 38.4. The Bertz CT molecular complexity index is 1540. The number of likely N-dealkylation sites (N-methyl/N-ethyl adjacent to an activating group) is 1. The van der Waals surface area contributed by atoms with E-state index in [4.69, 9.17) is 13.8 Å². The average Bonchev–Trinajstić information content (AvgIpc) is 3.41. The third kappa shape index (κ3) is 60.1. The van der Waals surface area contributed by atoms with E-state index in [2.05, 4.69) is 74.7 Å². The number of carbonyl (C=O) groups is 2. The molecule has 3 atom stereocenters. The maximum atomic E-state index is 13.5. The summed E-state index contributed by atoms with van der Waals surface area (Å²) in [7, 11) is 1.50. The summed E-state index contributed by atoms with van der Waals surface area (Å²) in [5.74, 6) is -0.505. The van der Waals surface area contributed by atoms with Crippen LogP contribution in [0.15, 0.2) is 60.8 Å². The quantitative estimate of drug-likeness (QED) is 0.0205. The number of hydrogen-bond donors (Lipinski definition) is 2. The van der Waals surface area contributed by atoms with Gasteiger partial charge in [-0.15, -0.1) is 0 Å². The van der Waals surface area contributed by atoms with E-state index < -0.39 is 20.0 Å². The predicted molar refractivity (Wildman–Crippen MR) is 342 cm³/mol. The van der Waals surface area contributed by atoms with Gasteiger partial charge in [0.05, 0.1) is 33.8 Å². The van der Waals surface area contributed by atoms with Gasteiger partial charge in [0, 0.05) is 12.8 Å². The zero-order chi connectivity index (χ0) is 57.9. The van der Waals surface area contributed by atoms with Crippen LogP contribution in [0, 0.1) is 0 Å². The van der Waals surface area contributed by atoms with E-state index in [1.165, 1.54) is 193 Å². The van der Waals surface area contributed by atoms with Gasteiger partial charge < -0.3 is 19.4 Å². The minimum absolute atomic E-state index is 0.0387. The van der Waals surface area contributed by atoms with Crippen LogP contribution in [0.3, 0.4) is 0 Å². The summed E-state index contributed by atoms with van der Waals surface area (Å²) >= 11 is 0. The molecule has 0 rings (SSSR count). The molecule has 0 saturated heterocycles. The summed E-state index contributed by atoms with van der Waals surface area (Å²) in [4.78, 5) is 37.8. The van der Waals surface area contributed by atoms with Crippen LogP contribution in [0.1, 0.15) is 316 Å². The summed E-state index contributed by atoms with van der Waals surface area (Å²) in [6, 6.07) is -0.852. The minimum Gasteiger partial charge on any atom is -0.456 e. The maximum absolute atomic E-state index is 13.5. The fourth-order valence-electron chi connectivity index (χ4n) is 9.77. The van der Waals surface area contributed by atoms with Crippen molar-refractivity contribution in [3.8, 4) is 0 Å². The number of hydrogen-bond acceptors (Lipinski definition) is 6. The van der Waals surface area contributed by atoms with Crippen LogP contribution in [0.5, 0.6) is 0 Å². The molecule has 79 heavy (non-hydrogen) atoms. The van der Waals surface area contributed by atoms with Crippen LogP contribution >= 0.6 is 7.82 Å². The second kappa shape index (κ2) is 58.9. The molecule has 0 aliphatic carbocycles. The Morgan fingerprint density at radius 3 is 1.23 bits per heavy atom. The number of carbonyl (C=O) groups excluding carboxylic acids is 2. The summed E-state index contributed by atoms with van der Waals surface area (Å²) in [6.07, 6.45) is 75.2. The van der Waals surface area contributed by atoms with E-state index in [1.807, 2.05) is 33.3 Å². The predicted octanol–water partition coefficient (Wildman–Crippen LogP) is 21.0. The Labute approximate surface area is 490 Å². The summed E-state index contributed by atoms with van der Waals surface area (Å²) in [5, 5.41) is 3.06. The van der Waals surface area contributed by atoms with Crippen LogP contribution < -0.4 is 5.32 Å². The highest BCUT2D eigenvalue weighted by Gasteiger charge is 2.30. The molecule has 0 fully saturated rings. The van der Waals surface area contributed by atoms with Crippen molar-refractivity contribution in [1.82, 2.24) is 5.32 Å². The lowest BCUT2D eigenvalue weighted by atomic mass is 10.0. The Morgan fingerprint density at radius 1 is 0.456 bits per heavy atom. The lowest BCUT2D eigenvalue weighted by molar-refractivity contribution is -0.870. The van der Waals surface area contributed by atoms with Gasteiger partial charge in [-0.25, -0.2) is 4.57 Å². The molecule has 2 N–H and O–H groups in total. The van der Waals surface area contributed by atoms with Gasteiger partial charge in [0.1, 0.15) is 19.3 Å². The van der Waals surface area contributed by atoms with Crippen molar-refractivity contribution in [2.75, 3.05) is 40.9 Å². The summed E-state index contributed by atoms with van der Waals surface area (Å²) in [5.41, 5.74) is 0. The summed E-state index contributed by atoms with van der Waals surface area (Å²) in [6.45, 7) is 6.90. The lowest BCUT2D eigenvalue weighted by Crippen LogP contribution is -2.47. The number of nitrogens with zero attached hydrogens (tertiary/aromatic N) is 1. The molecule has 10 heteroatoms. The SMILES string of the molecule is CC/C=C/C/C=C/CCCCCCCCCC(=O)NC(COP(=O)(O)OCC[N+](C)(C)C)C(/C=C\CCCCCCCCCCCC)OC(=O)CCCCCCCCCCCCCCCCCCC/C=C\C/C=C\CCCCC. The number of quaternary nitrogens is 1. The number of allylic oxidation sites excluding steroid dienone is 9. The zero-order valence-corrected chi connectivity index (χ0v) is 53.8. The molecule has 0 aliphatic rings. The second-order valence-corrected chi connectivity index (χ2v) is 25.4. The van der Waals surface area contributed by atoms with Crippen LogP contribution in [0.2, 0.25) is 0 Å². The van der Waals surface area contributed by atoms with Crippen LogP contribution in [-0.4, -0.2) is 74.3 Å². The maximum Gasteiger partial charge on any atom is 0.472 e. The third-order valence-electron chi connectivity index (χ3n) is 14.9. The number of phosphoric acid groups is 1. The molecule has 1 amide bonds. The van der Waals surface area contributed by atoms with Crippen molar-refractivity contribution < 1.29 is 37.3 Å². The number of amides is 1. The molecule has 0 aromatic carbocycles. The zero-order valence-electron chi connectivity index (χ0n) is 52.9. The molecule has 0 aromatic rings. The molecule has 0 aromatic heterocycles. The van der Waals surface area contributed by atoms with Gasteiger partial charge in [0.15, 0.2) is 0 Å². The first kappa shape index (κ1) is 76.7. The molecule has 3 unspecified atom stereocenters. The largest absolute Gasteiger partial charge is 0.472 e. The fourth-order valence-corrected chi connectivity index (χ4v) is 10.5. The molecule has 0 bridgehead atoms. The standard InChI is InChI=1S/C69H129N2O7P/c1-7-10-13-16-19-22-25-28-30-31-32-33-34-35-36-37-38-39-40-41-42-44-47-50-53-56-59-62-69(73)78-67(60-57-54-51-48-45-27-24-21-18-15-12-9-3)66(65-77-79(74,75)76-64-63-71(4,5)6)70-68(72)61-58-55-52-49-46-43-29-26-23-20-17-14-11-8-2/h11,14,19-20,22-23,28,30,57,60,66-67H,7-10,12-13,15-18,21,24-27,29,31-56,58-59,61-65H2,1-6H3,(H-,70,72,74,75)/p+1/b14-11+,22-19-,23-20+,30-28-,60-57-. The van der Waals surface area contributed by atoms with Crippen LogP contribution in [-0.2, 0) is 27.9 Å². The number of phosphoric ester groups is 1. The lowest BCUT2D eigenvalue weighted by Gasteiger charge is -2.27. The minimum atomic E-state index is -4.45. The number of ether oxygens (including phenoxy) is 1. The molecular formula is C69H130N2O7P+. The molecule has 9 nitrogen and oxygen atoms in total. The van der Waals surface area contributed by atoms with E-state index in [1.54, 1.807) is 0 Å². The number of nitrogens with one attached hydrogen (secondary N) is 1. The highest BCUT2D eigenvalue weighted by atomic mass is 31.2. The van der Waals surface area contributed by atoms with Crippen molar-refractivity contribution in [3.05, 3.63) is 60.8 Å². The Hall–Kier alpha value is -2.29. The van der Waals surface area contributed by atoms with Crippen molar-refractivity contribution in [1.29, 1.82) is 0 Å². The van der Waals surface area contributed by atoms with Gasteiger partial charge in [-0.05, 0) is 89.5 Å². The molecule has 0 aliphatic heterocycles. The molecule has 462 valence electrons. The van der Waals surface area contributed by atoms with Gasteiger partial charge in [-0.3, -0.25) is 18.6 Å². The Morgan fingerprint density at radius 2 is 0.810 bits per heavy atom. The molecule has 0 saturated carbocycles. The van der Waals surface area contributed by atoms with Crippen molar-refractivity contribution in [2.24, 2.45) is 0 Å². The summed E-state index contributed by atoms with van der Waals surface area (Å²) < 4.78 is 30.7. The first-order valence-corrected chi connectivity index (χ1v) is 35.1. The molecule has 0 radical (unpaired) electrons. The van der Waals surface area contributed by atoms with Crippen molar-refractivity contribution in [2.45, 2.75) is 328 Å². The first-order valence-electron chi connectivity index (χ1n) is 33.6. The van der Waals surface area contributed by atoms with Crippen LogP contribution in [0.4, 0.5) is 0 Å². The van der Waals surface area contributed by atoms with E-state index >= 15 is 0 Å². The highest BCUT2D eigenvalue weighted by molar-refractivity contribution is 7.47. The number of rotatable bonds is 61. The van der Waals surface area contributed by atoms with Crippen LogP contribution in [0.25, 0.3) is 0 Å². The van der Waals surface area contributed by atoms with Gasteiger partial charge in [0.2, 0.25) is 5.91 Å². The van der Waals surface area contributed by atoms with Gasteiger partial charge in [0.25, 0.3) is 0 Å². The average molecular weight is 1130 g/mol. The van der Waals surface area contributed by atoms with E-state index in [0.717, 1.165) is 89.9 Å². The van der Waals surface area contributed by atoms with E-state index in [-0.39, 0.29) is 25.1 Å². The molecule has 0 spiro atoms. The smallest absolute Gasteiger partial charge is 0.456 e. The Kier molecular flexibility index (Phi) is 57.2. The monoisotopic (exact) mass is 1130 g/mol. The number of esters is 1. The topological polar surface area (TPSA) is 111 Å². The van der Waals surface area contributed by atoms with Gasteiger partial charge in [-0.1, -0.05) is 275 Å². The van der Waals surface area contributed by atoms with Gasteiger partial charge >= 0.3 is 13.8 Å². The van der Waals surface area contributed by atoms with E-state index in [9.17, 15) is 19.0 Å². The molecular weight excluding hydrogens is 1000 g/mol. The van der Waals surface area contributed by atoms with E-state index in [0.29, 0.717) is 23.9 Å². The fraction of sp³-hybridized carbons (Fsp3) is 0.826. The Balaban J connectivity index is 5.00. The van der Waals surface area contributed by atoms with Gasteiger partial charge in [-0.2, -0.15) is 0 Å². The normalized spacial score (nSPS) is 14.0. The van der Waals surface area contributed by atoms with Crippen molar-refractivity contribution >= 4 is 19.7 Å².